The second-order valence-corrected chi connectivity index (χ2v) is 3.19. The summed E-state index contributed by atoms with van der Waals surface area (Å²) < 4.78 is 29.9. The van der Waals surface area contributed by atoms with Crippen LogP contribution in [0.3, 0.4) is 0 Å². The Balaban J connectivity index is 3.39. The summed E-state index contributed by atoms with van der Waals surface area (Å²) >= 11 is 0. The highest BCUT2D eigenvalue weighted by atomic mass is 19.3. The van der Waals surface area contributed by atoms with Crippen LogP contribution >= 0.6 is 0 Å². The van der Waals surface area contributed by atoms with Crippen LogP contribution in [0.25, 0.3) is 0 Å². The minimum atomic E-state index is -2.80. The number of hydrogen-bond acceptors (Lipinski definition) is 4. The summed E-state index contributed by atoms with van der Waals surface area (Å²) in [6, 6.07) is 1.73. The van der Waals surface area contributed by atoms with Crippen LogP contribution < -0.4 is 0 Å². The number of nitrogens with zero attached hydrogens (tertiary/aromatic N) is 2. The Hall–Kier alpha value is -2.03. The second kappa shape index (κ2) is 5.34. The van der Waals surface area contributed by atoms with Gasteiger partial charge in [-0.25, -0.2) is 13.6 Å². The van der Waals surface area contributed by atoms with Crippen LogP contribution in [0.5, 0.6) is 0 Å². The molecule has 0 amide bonds. The monoisotopic (exact) mass is 240 g/mol. The minimum absolute atomic E-state index is 0.0162. The second-order valence-electron chi connectivity index (χ2n) is 3.19. The van der Waals surface area contributed by atoms with E-state index >= 15 is 0 Å². The molecule has 0 radical (unpaired) electrons. The molecule has 0 bridgehead atoms. The number of esters is 1. The summed E-state index contributed by atoms with van der Waals surface area (Å²) in [5, 5.41) is 8.80. The van der Waals surface area contributed by atoms with E-state index in [1.165, 1.54) is 6.92 Å². The molecule has 17 heavy (non-hydrogen) atoms. The number of nitriles is 1. The Morgan fingerprint density at radius 3 is 2.76 bits per heavy atom. The molecule has 0 fully saturated rings. The van der Waals surface area contributed by atoms with E-state index in [9.17, 15) is 13.6 Å². The van der Waals surface area contributed by atoms with Gasteiger partial charge in [0.25, 0.3) is 6.43 Å². The van der Waals surface area contributed by atoms with Crippen LogP contribution in [0.4, 0.5) is 8.78 Å². The fraction of sp³-hybridized carbons (Fsp3) is 0.364. The number of ether oxygens (including phenoxy) is 1. The van der Waals surface area contributed by atoms with Crippen LogP contribution in [-0.2, 0) is 4.74 Å². The smallest absolute Gasteiger partial charge is 0.339 e. The molecule has 1 rings (SSSR count). The molecule has 0 atom stereocenters. The van der Waals surface area contributed by atoms with Gasteiger partial charge in [-0.05, 0) is 19.4 Å². The average Bonchev–Trinajstić information content (AvgIpc) is 2.27. The lowest BCUT2D eigenvalue weighted by Gasteiger charge is -2.10. The molecule has 0 aliphatic carbocycles. The van der Waals surface area contributed by atoms with Crippen molar-refractivity contribution in [1.29, 1.82) is 5.26 Å². The zero-order valence-electron chi connectivity index (χ0n) is 9.33. The van der Waals surface area contributed by atoms with E-state index in [1.807, 2.05) is 0 Å². The fourth-order valence-corrected chi connectivity index (χ4v) is 1.40. The number of carbonyl (C=O) groups is 1. The van der Waals surface area contributed by atoms with Crippen LogP contribution in [0.1, 0.15) is 40.5 Å². The Morgan fingerprint density at radius 1 is 1.65 bits per heavy atom. The maximum absolute atomic E-state index is 12.6. The number of carbonyl (C=O) groups excluding carboxylic acids is 1. The van der Waals surface area contributed by atoms with Gasteiger partial charge >= 0.3 is 5.97 Å². The molecule has 4 nitrogen and oxygen atoms in total. The molecule has 0 saturated heterocycles. The highest BCUT2D eigenvalue weighted by Gasteiger charge is 2.23. The van der Waals surface area contributed by atoms with Crippen molar-refractivity contribution in [3.8, 4) is 6.07 Å². The SMILES string of the molecule is CCOC(=O)c1c(C#N)cnc(C(F)F)c1C. The van der Waals surface area contributed by atoms with Crippen molar-refractivity contribution in [2.75, 3.05) is 6.61 Å². The van der Waals surface area contributed by atoms with E-state index in [0.717, 1.165) is 6.20 Å². The van der Waals surface area contributed by atoms with Crippen LogP contribution in [0.2, 0.25) is 0 Å². The first-order valence-corrected chi connectivity index (χ1v) is 4.87. The molecule has 90 valence electrons. The minimum Gasteiger partial charge on any atom is -0.462 e. The van der Waals surface area contributed by atoms with Gasteiger partial charge in [0.15, 0.2) is 0 Å². The number of hydrogen-bond donors (Lipinski definition) is 0. The number of aromatic nitrogens is 1. The maximum Gasteiger partial charge on any atom is 0.339 e. The maximum atomic E-state index is 12.6. The van der Waals surface area contributed by atoms with Gasteiger partial charge in [0.1, 0.15) is 11.8 Å². The number of pyridine rings is 1. The van der Waals surface area contributed by atoms with Crippen molar-refractivity contribution in [3.63, 3.8) is 0 Å². The van der Waals surface area contributed by atoms with Gasteiger partial charge < -0.3 is 4.74 Å². The Kier molecular flexibility index (Phi) is 4.10. The summed E-state index contributed by atoms with van der Waals surface area (Å²) in [4.78, 5) is 15.0. The molecular weight excluding hydrogens is 230 g/mol. The highest BCUT2D eigenvalue weighted by Crippen LogP contribution is 2.25. The van der Waals surface area contributed by atoms with Gasteiger partial charge in [-0.15, -0.1) is 0 Å². The van der Waals surface area contributed by atoms with E-state index < -0.39 is 18.1 Å². The summed E-state index contributed by atoms with van der Waals surface area (Å²) in [6.07, 6.45) is -1.84. The first-order valence-electron chi connectivity index (χ1n) is 4.87. The molecule has 0 saturated carbocycles. The Bertz CT molecular complexity index is 481. The van der Waals surface area contributed by atoms with Crippen LogP contribution in [-0.4, -0.2) is 17.6 Å². The highest BCUT2D eigenvalue weighted by molar-refractivity contribution is 5.93. The third-order valence-corrected chi connectivity index (χ3v) is 2.17. The fourth-order valence-electron chi connectivity index (χ4n) is 1.40. The summed E-state index contributed by atoms with van der Waals surface area (Å²) in [5.41, 5.74) is -0.727. The molecule has 0 aliphatic heterocycles. The predicted octanol–water partition coefficient (Wildman–Crippen LogP) is 2.38. The molecule has 6 heteroatoms. The normalized spacial score (nSPS) is 10.1. The zero-order valence-corrected chi connectivity index (χ0v) is 9.33. The topological polar surface area (TPSA) is 63.0 Å². The van der Waals surface area contributed by atoms with Gasteiger partial charge in [-0.3, -0.25) is 4.98 Å². The Labute approximate surface area is 96.8 Å². The third kappa shape index (κ3) is 2.56. The largest absolute Gasteiger partial charge is 0.462 e. The van der Waals surface area contributed by atoms with Gasteiger partial charge in [-0.2, -0.15) is 5.26 Å². The number of alkyl halides is 2. The van der Waals surface area contributed by atoms with Crippen molar-refractivity contribution in [2.24, 2.45) is 0 Å². The standard InChI is InChI=1S/C11H10F2N2O2/c1-3-17-11(16)8-6(2)9(10(12)13)15-5-7(8)4-14/h5,10H,3H2,1-2H3. The molecular formula is C11H10F2N2O2. The molecule has 0 unspecified atom stereocenters. The quantitative estimate of drug-likeness (QED) is 0.761. The Morgan fingerprint density at radius 2 is 2.29 bits per heavy atom. The zero-order chi connectivity index (χ0) is 13.0. The third-order valence-electron chi connectivity index (χ3n) is 2.17. The van der Waals surface area contributed by atoms with E-state index in [0.29, 0.717) is 0 Å². The first-order chi connectivity index (χ1) is 8.02. The molecule has 0 aliphatic rings. The molecule has 0 aromatic carbocycles. The van der Waals surface area contributed by atoms with Crippen LogP contribution in [0, 0.1) is 18.3 Å². The lowest BCUT2D eigenvalue weighted by molar-refractivity contribution is 0.0524. The summed E-state index contributed by atoms with van der Waals surface area (Å²) in [6.45, 7) is 3.02. The average molecular weight is 240 g/mol. The summed E-state index contributed by atoms with van der Waals surface area (Å²) in [7, 11) is 0. The molecule has 1 heterocycles. The van der Waals surface area contributed by atoms with Crippen molar-refractivity contribution in [1.82, 2.24) is 4.98 Å². The van der Waals surface area contributed by atoms with E-state index in [-0.39, 0.29) is 23.3 Å². The number of rotatable bonds is 3. The van der Waals surface area contributed by atoms with E-state index in [1.54, 1.807) is 13.0 Å². The van der Waals surface area contributed by atoms with E-state index in [4.69, 9.17) is 10.00 Å². The lowest BCUT2D eigenvalue weighted by Crippen LogP contribution is -2.12. The van der Waals surface area contributed by atoms with Crippen molar-refractivity contribution in [3.05, 3.63) is 28.6 Å². The summed E-state index contributed by atoms with van der Waals surface area (Å²) in [5.74, 6) is -0.786. The van der Waals surface area contributed by atoms with Crippen LogP contribution in [0.15, 0.2) is 6.20 Å². The predicted molar refractivity (Wildman–Crippen MR) is 54.6 cm³/mol. The van der Waals surface area contributed by atoms with E-state index in [2.05, 4.69) is 4.98 Å². The first kappa shape index (κ1) is 13.0. The van der Waals surface area contributed by atoms with Gasteiger partial charge in [0, 0.05) is 6.20 Å². The molecule has 0 spiro atoms. The number of halogens is 2. The van der Waals surface area contributed by atoms with Gasteiger partial charge in [0.2, 0.25) is 0 Å². The van der Waals surface area contributed by atoms with Crippen molar-refractivity contribution >= 4 is 5.97 Å². The van der Waals surface area contributed by atoms with Gasteiger partial charge in [0.05, 0.1) is 17.7 Å². The lowest BCUT2D eigenvalue weighted by atomic mass is 10.0. The van der Waals surface area contributed by atoms with Crippen molar-refractivity contribution < 1.29 is 18.3 Å². The molecule has 1 aromatic rings. The molecule has 1 aromatic heterocycles. The van der Waals surface area contributed by atoms with Crippen molar-refractivity contribution in [2.45, 2.75) is 20.3 Å². The van der Waals surface area contributed by atoms with Gasteiger partial charge in [-0.1, -0.05) is 0 Å². The molecule has 0 N–H and O–H groups in total.